The average molecular weight is 241 g/mol. The van der Waals surface area contributed by atoms with E-state index >= 15 is 0 Å². The molecule has 0 spiro atoms. The van der Waals surface area contributed by atoms with Crippen LogP contribution in [0.1, 0.15) is 22.3 Å². The number of nitrogens with zero attached hydrogens (tertiary/aromatic N) is 1. The highest BCUT2D eigenvalue weighted by Crippen LogP contribution is 2.13. The van der Waals surface area contributed by atoms with Crippen molar-refractivity contribution < 1.29 is 5.11 Å². The highest BCUT2D eigenvalue weighted by atomic mass is 16.3. The van der Waals surface area contributed by atoms with Gasteiger partial charge in [-0.15, -0.1) is 0 Å². The molecule has 1 aromatic carbocycles. The van der Waals surface area contributed by atoms with E-state index in [0.717, 1.165) is 5.56 Å². The average Bonchev–Trinajstić information content (AvgIpc) is 2.28. The van der Waals surface area contributed by atoms with Crippen LogP contribution in [0.3, 0.4) is 0 Å². The zero-order chi connectivity index (χ0) is 13.0. The molecule has 1 unspecified atom stereocenters. The van der Waals surface area contributed by atoms with Gasteiger partial charge in [0.2, 0.25) is 0 Å². The van der Waals surface area contributed by atoms with Crippen LogP contribution in [0, 0.1) is 13.8 Å². The minimum Gasteiger partial charge on any atom is -0.392 e. The summed E-state index contributed by atoms with van der Waals surface area (Å²) in [5.74, 6) is 0. The van der Waals surface area contributed by atoms with E-state index in [1.165, 1.54) is 16.7 Å². The van der Waals surface area contributed by atoms with Crippen molar-refractivity contribution in [2.45, 2.75) is 32.8 Å². The molecule has 2 nitrogen and oxygen atoms in total. The third kappa shape index (κ3) is 3.67. The molecule has 1 N–H and O–H groups in total. The Morgan fingerprint density at radius 3 is 2.33 bits per heavy atom. The predicted molar refractivity (Wildman–Crippen MR) is 73.6 cm³/mol. The van der Waals surface area contributed by atoms with Crippen LogP contribution < -0.4 is 0 Å². The van der Waals surface area contributed by atoms with E-state index in [2.05, 4.69) is 37.0 Å². The molecular weight excluding hydrogens is 222 g/mol. The quantitative estimate of drug-likeness (QED) is 0.893. The van der Waals surface area contributed by atoms with Gasteiger partial charge >= 0.3 is 0 Å². The molecule has 1 atom stereocenters. The zero-order valence-corrected chi connectivity index (χ0v) is 10.9. The molecule has 0 aliphatic carbocycles. The maximum absolute atomic E-state index is 10.1. The highest BCUT2D eigenvalue weighted by molar-refractivity contribution is 5.29. The first kappa shape index (κ1) is 12.8. The van der Waals surface area contributed by atoms with E-state index in [4.69, 9.17) is 0 Å². The summed E-state index contributed by atoms with van der Waals surface area (Å²) in [6.07, 6.45) is 4.55. The Kier molecular flexibility index (Phi) is 4.11. The summed E-state index contributed by atoms with van der Waals surface area (Å²) in [6, 6.07) is 10.3. The SMILES string of the molecule is Cc1cc(C)cc(CC(O)Cc2cccnc2)c1. The smallest absolute Gasteiger partial charge is 0.0621 e. The summed E-state index contributed by atoms with van der Waals surface area (Å²) in [5, 5.41) is 10.1. The van der Waals surface area contributed by atoms with Gasteiger partial charge in [0.15, 0.2) is 0 Å². The minimum atomic E-state index is -0.351. The van der Waals surface area contributed by atoms with Crippen molar-refractivity contribution in [1.82, 2.24) is 4.98 Å². The molecule has 2 rings (SSSR count). The van der Waals surface area contributed by atoms with Crippen LogP contribution in [0.5, 0.6) is 0 Å². The maximum atomic E-state index is 10.1. The van der Waals surface area contributed by atoms with Gasteiger partial charge in [-0.25, -0.2) is 0 Å². The Morgan fingerprint density at radius 2 is 1.72 bits per heavy atom. The molecule has 2 heteroatoms. The van der Waals surface area contributed by atoms with Crippen LogP contribution >= 0.6 is 0 Å². The first-order valence-electron chi connectivity index (χ1n) is 6.27. The van der Waals surface area contributed by atoms with Gasteiger partial charge < -0.3 is 5.11 Å². The molecule has 1 heterocycles. The molecule has 0 saturated carbocycles. The summed E-state index contributed by atoms with van der Waals surface area (Å²) in [4.78, 5) is 4.06. The van der Waals surface area contributed by atoms with Crippen LogP contribution in [0.25, 0.3) is 0 Å². The van der Waals surface area contributed by atoms with E-state index in [0.29, 0.717) is 12.8 Å². The second kappa shape index (κ2) is 5.78. The first-order valence-corrected chi connectivity index (χ1v) is 6.27. The molecule has 0 bridgehead atoms. The fourth-order valence-electron chi connectivity index (χ4n) is 2.32. The molecule has 0 fully saturated rings. The lowest BCUT2D eigenvalue weighted by Crippen LogP contribution is -2.14. The van der Waals surface area contributed by atoms with Crippen molar-refractivity contribution in [2.24, 2.45) is 0 Å². The summed E-state index contributed by atoms with van der Waals surface area (Å²) in [5.41, 5.74) is 4.77. The van der Waals surface area contributed by atoms with Crippen LogP contribution in [-0.4, -0.2) is 16.2 Å². The van der Waals surface area contributed by atoms with Gasteiger partial charge in [-0.2, -0.15) is 0 Å². The topological polar surface area (TPSA) is 33.1 Å². The summed E-state index contributed by atoms with van der Waals surface area (Å²) in [6.45, 7) is 4.17. The van der Waals surface area contributed by atoms with Gasteiger partial charge in [0, 0.05) is 18.8 Å². The van der Waals surface area contributed by atoms with Crippen LogP contribution in [0.4, 0.5) is 0 Å². The van der Waals surface area contributed by atoms with Crippen molar-refractivity contribution in [3.8, 4) is 0 Å². The van der Waals surface area contributed by atoms with Crippen molar-refractivity contribution in [3.05, 3.63) is 65.0 Å². The molecule has 0 aliphatic heterocycles. The zero-order valence-electron chi connectivity index (χ0n) is 10.9. The number of aliphatic hydroxyl groups excluding tert-OH is 1. The van der Waals surface area contributed by atoms with Gasteiger partial charge in [-0.05, 0) is 37.5 Å². The second-order valence-corrected chi connectivity index (χ2v) is 4.92. The summed E-state index contributed by atoms with van der Waals surface area (Å²) in [7, 11) is 0. The van der Waals surface area contributed by atoms with Gasteiger partial charge in [0.25, 0.3) is 0 Å². The van der Waals surface area contributed by atoms with E-state index < -0.39 is 0 Å². The molecule has 0 amide bonds. The van der Waals surface area contributed by atoms with Gasteiger partial charge in [-0.3, -0.25) is 4.98 Å². The Labute approximate surface area is 108 Å². The predicted octanol–water partition coefficient (Wildman–Crippen LogP) is 2.84. The fraction of sp³-hybridized carbons (Fsp3) is 0.312. The third-order valence-corrected chi connectivity index (χ3v) is 2.95. The maximum Gasteiger partial charge on any atom is 0.0621 e. The lowest BCUT2D eigenvalue weighted by atomic mass is 9.99. The Balaban J connectivity index is 2.01. The number of rotatable bonds is 4. The number of aryl methyl sites for hydroxylation is 2. The van der Waals surface area contributed by atoms with Crippen LogP contribution in [0.2, 0.25) is 0 Å². The number of aliphatic hydroxyl groups is 1. The summed E-state index contributed by atoms with van der Waals surface area (Å²) < 4.78 is 0. The van der Waals surface area contributed by atoms with Crippen molar-refractivity contribution in [2.75, 3.05) is 0 Å². The third-order valence-electron chi connectivity index (χ3n) is 2.95. The standard InChI is InChI=1S/C16H19NO/c1-12-6-13(2)8-15(7-12)10-16(18)9-14-4-3-5-17-11-14/h3-8,11,16,18H,9-10H2,1-2H3. The largest absolute Gasteiger partial charge is 0.392 e. The van der Waals surface area contributed by atoms with Crippen molar-refractivity contribution in [1.29, 1.82) is 0 Å². The van der Waals surface area contributed by atoms with E-state index in [9.17, 15) is 5.11 Å². The number of hydrogen-bond donors (Lipinski definition) is 1. The molecule has 18 heavy (non-hydrogen) atoms. The Morgan fingerprint density at radius 1 is 1.06 bits per heavy atom. The van der Waals surface area contributed by atoms with Crippen LogP contribution in [0.15, 0.2) is 42.7 Å². The minimum absolute atomic E-state index is 0.351. The number of pyridine rings is 1. The number of hydrogen-bond acceptors (Lipinski definition) is 2. The van der Waals surface area contributed by atoms with E-state index in [-0.39, 0.29) is 6.10 Å². The normalized spacial score (nSPS) is 12.4. The number of benzene rings is 1. The van der Waals surface area contributed by atoms with Gasteiger partial charge in [0.1, 0.15) is 0 Å². The Bertz CT molecular complexity index is 488. The van der Waals surface area contributed by atoms with Crippen molar-refractivity contribution >= 4 is 0 Å². The van der Waals surface area contributed by atoms with Crippen LogP contribution in [-0.2, 0) is 12.8 Å². The lowest BCUT2D eigenvalue weighted by Gasteiger charge is -2.11. The molecule has 2 aromatic rings. The second-order valence-electron chi connectivity index (χ2n) is 4.92. The lowest BCUT2D eigenvalue weighted by molar-refractivity contribution is 0.175. The van der Waals surface area contributed by atoms with E-state index in [1.807, 2.05) is 18.3 Å². The van der Waals surface area contributed by atoms with Gasteiger partial charge in [-0.1, -0.05) is 35.4 Å². The van der Waals surface area contributed by atoms with Gasteiger partial charge in [0.05, 0.1) is 6.10 Å². The highest BCUT2D eigenvalue weighted by Gasteiger charge is 2.07. The number of aromatic nitrogens is 1. The monoisotopic (exact) mass is 241 g/mol. The molecule has 0 saturated heterocycles. The molecule has 0 radical (unpaired) electrons. The molecule has 1 aromatic heterocycles. The molecule has 94 valence electrons. The van der Waals surface area contributed by atoms with Crippen molar-refractivity contribution in [3.63, 3.8) is 0 Å². The Hall–Kier alpha value is -1.67. The summed E-state index contributed by atoms with van der Waals surface area (Å²) >= 11 is 0. The molecular formula is C16H19NO. The fourth-order valence-corrected chi connectivity index (χ4v) is 2.32. The van der Waals surface area contributed by atoms with E-state index in [1.54, 1.807) is 6.20 Å². The first-order chi connectivity index (χ1) is 8.63. The molecule has 0 aliphatic rings.